The Morgan fingerprint density at radius 3 is 2.95 bits per heavy atom. The first-order chi connectivity index (χ1) is 9.13. The zero-order valence-corrected chi connectivity index (χ0v) is 12.0. The van der Waals surface area contributed by atoms with Crippen molar-refractivity contribution in [1.29, 1.82) is 0 Å². The summed E-state index contributed by atoms with van der Waals surface area (Å²) in [4.78, 5) is 12.3. The molecule has 2 atom stereocenters. The van der Waals surface area contributed by atoms with Crippen LogP contribution in [0.25, 0.3) is 0 Å². The number of rotatable bonds is 4. The number of nitrogens with one attached hydrogen (secondary N) is 1. The van der Waals surface area contributed by atoms with Gasteiger partial charge in [0.1, 0.15) is 5.69 Å². The first-order valence-corrected chi connectivity index (χ1v) is 7.40. The molecule has 0 spiro atoms. The van der Waals surface area contributed by atoms with Crippen molar-refractivity contribution in [1.82, 2.24) is 9.88 Å². The van der Waals surface area contributed by atoms with Gasteiger partial charge in [-0.3, -0.25) is 4.79 Å². The third kappa shape index (κ3) is 3.31. The van der Waals surface area contributed by atoms with Crippen LogP contribution in [0.15, 0.2) is 12.3 Å². The van der Waals surface area contributed by atoms with E-state index in [4.69, 9.17) is 5.73 Å². The molecule has 0 aromatic carbocycles. The van der Waals surface area contributed by atoms with Crippen molar-refractivity contribution in [2.24, 2.45) is 5.92 Å². The standard InChI is InChI=1S/C15H25N3O/c1-3-11-6-5-7-13(8-11)17-15(19)14-9-12(16)10-18(14)4-2/h9-11,13H,3-8,16H2,1-2H3,(H,17,19). The van der Waals surface area contributed by atoms with Crippen LogP contribution in [0.3, 0.4) is 0 Å². The Bertz CT molecular complexity index is 439. The quantitative estimate of drug-likeness (QED) is 0.877. The van der Waals surface area contributed by atoms with E-state index in [0.717, 1.165) is 25.3 Å². The Hall–Kier alpha value is -1.45. The molecular formula is C15H25N3O. The molecule has 19 heavy (non-hydrogen) atoms. The van der Waals surface area contributed by atoms with Crippen molar-refractivity contribution in [2.45, 2.75) is 58.5 Å². The maximum Gasteiger partial charge on any atom is 0.268 e. The van der Waals surface area contributed by atoms with E-state index < -0.39 is 0 Å². The lowest BCUT2D eigenvalue weighted by Crippen LogP contribution is -2.39. The summed E-state index contributed by atoms with van der Waals surface area (Å²) in [5.74, 6) is 0.780. The molecule has 4 heteroatoms. The second-order valence-corrected chi connectivity index (χ2v) is 5.56. The van der Waals surface area contributed by atoms with E-state index in [-0.39, 0.29) is 5.91 Å². The van der Waals surface area contributed by atoms with Crippen LogP contribution in [0.2, 0.25) is 0 Å². The molecule has 1 aromatic rings. The lowest BCUT2D eigenvalue weighted by Gasteiger charge is -2.29. The van der Waals surface area contributed by atoms with E-state index in [1.807, 2.05) is 17.7 Å². The smallest absolute Gasteiger partial charge is 0.268 e. The van der Waals surface area contributed by atoms with Gasteiger partial charge >= 0.3 is 0 Å². The van der Waals surface area contributed by atoms with Crippen molar-refractivity contribution in [2.75, 3.05) is 5.73 Å². The molecule has 1 aliphatic carbocycles. The van der Waals surface area contributed by atoms with Crippen LogP contribution in [0, 0.1) is 5.92 Å². The van der Waals surface area contributed by atoms with Gasteiger partial charge in [-0.15, -0.1) is 0 Å². The van der Waals surface area contributed by atoms with Crippen LogP contribution >= 0.6 is 0 Å². The Morgan fingerprint density at radius 1 is 1.47 bits per heavy atom. The van der Waals surface area contributed by atoms with Gasteiger partial charge in [0.15, 0.2) is 0 Å². The number of hydrogen-bond donors (Lipinski definition) is 2. The summed E-state index contributed by atoms with van der Waals surface area (Å²) >= 11 is 0. The van der Waals surface area contributed by atoms with Gasteiger partial charge in [0.2, 0.25) is 0 Å². The van der Waals surface area contributed by atoms with Crippen LogP contribution in [0.5, 0.6) is 0 Å². The van der Waals surface area contributed by atoms with Crippen LogP contribution in [-0.2, 0) is 6.54 Å². The van der Waals surface area contributed by atoms with E-state index >= 15 is 0 Å². The largest absolute Gasteiger partial charge is 0.397 e. The summed E-state index contributed by atoms with van der Waals surface area (Å²) < 4.78 is 1.91. The highest BCUT2D eigenvalue weighted by Gasteiger charge is 2.23. The van der Waals surface area contributed by atoms with Gasteiger partial charge in [-0.25, -0.2) is 0 Å². The van der Waals surface area contributed by atoms with Crippen molar-refractivity contribution in [3.63, 3.8) is 0 Å². The van der Waals surface area contributed by atoms with Gasteiger partial charge < -0.3 is 15.6 Å². The Morgan fingerprint density at radius 2 is 2.26 bits per heavy atom. The lowest BCUT2D eigenvalue weighted by molar-refractivity contribution is 0.0910. The minimum absolute atomic E-state index is 0.0142. The summed E-state index contributed by atoms with van der Waals surface area (Å²) in [6.45, 7) is 5.02. The highest BCUT2D eigenvalue weighted by Crippen LogP contribution is 2.26. The molecule has 1 amide bonds. The molecule has 0 bridgehead atoms. The molecular weight excluding hydrogens is 238 g/mol. The third-order valence-corrected chi connectivity index (χ3v) is 4.19. The summed E-state index contributed by atoms with van der Waals surface area (Å²) in [7, 11) is 0. The molecule has 1 saturated carbocycles. The topological polar surface area (TPSA) is 60.1 Å². The molecule has 2 unspecified atom stereocenters. The van der Waals surface area contributed by atoms with Gasteiger partial charge in [0.25, 0.3) is 5.91 Å². The average molecular weight is 263 g/mol. The van der Waals surface area contributed by atoms with E-state index in [0.29, 0.717) is 17.4 Å². The Kier molecular flexibility index (Phi) is 4.51. The maximum absolute atomic E-state index is 12.3. The van der Waals surface area contributed by atoms with Crippen LogP contribution in [-0.4, -0.2) is 16.5 Å². The van der Waals surface area contributed by atoms with Crippen molar-refractivity contribution < 1.29 is 4.79 Å². The number of anilines is 1. The van der Waals surface area contributed by atoms with Gasteiger partial charge in [-0.2, -0.15) is 0 Å². The molecule has 0 radical (unpaired) electrons. The summed E-state index contributed by atoms with van der Waals surface area (Å²) in [5.41, 5.74) is 7.10. The number of nitrogen functional groups attached to an aromatic ring is 1. The van der Waals surface area contributed by atoms with Gasteiger partial charge in [-0.05, 0) is 31.7 Å². The summed E-state index contributed by atoms with van der Waals surface area (Å²) in [6.07, 6.45) is 7.78. The van der Waals surface area contributed by atoms with Gasteiger partial charge in [0.05, 0.1) is 5.69 Å². The molecule has 0 aliphatic heterocycles. The highest BCUT2D eigenvalue weighted by atomic mass is 16.2. The van der Waals surface area contributed by atoms with Gasteiger partial charge in [-0.1, -0.05) is 26.2 Å². The zero-order valence-electron chi connectivity index (χ0n) is 12.0. The summed E-state index contributed by atoms with van der Waals surface area (Å²) in [5, 5.41) is 3.17. The van der Waals surface area contributed by atoms with Crippen LogP contribution in [0.1, 0.15) is 56.4 Å². The number of carbonyl (C=O) groups is 1. The second kappa shape index (κ2) is 6.13. The number of aromatic nitrogens is 1. The second-order valence-electron chi connectivity index (χ2n) is 5.56. The van der Waals surface area contributed by atoms with Crippen molar-refractivity contribution >= 4 is 11.6 Å². The predicted octanol–water partition coefficient (Wildman–Crippen LogP) is 2.79. The number of carbonyl (C=O) groups excluding carboxylic acids is 1. The van der Waals surface area contributed by atoms with E-state index in [1.165, 1.54) is 19.3 Å². The maximum atomic E-state index is 12.3. The lowest BCUT2D eigenvalue weighted by atomic mass is 9.84. The first-order valence-electron chi connectivity index (χ1n) is 7.40. The van der Waals surface area contributed by atoms with E-state index in [2.05, 4.69) is 12.2 Å². The molecule has 1 fully saturated rings. The molecule has 1 aromatic heterocycles. The van der Waals surface area contributed by atoms with Crippen molar-refractivity contribution in [3.8, 4) is 0 Å². The number of amides is 1. The molecule has 106 valence electrons. The summed E-state index contributed by atoms with van der Waals surface area (Å²) in [6, 6.07) is 2.09. The first kappa shape index (κ1) is 14.0. The van der Waals surface area contributed by atoms with E-state index in [1.54, 1.807) is 6.07 Å². The molecule has 0 saturated heterocycles. The van der Waals surface area contributed by atoms with E-state index in [9.17, 15) is 4.79 Å². The van der Waals surface area contributed by atoms with Crippen LogP contribution in [0.4, 0.5) is 5.69 Å². The molecule has 4 nitrogen and oxygen atoms in total. The fourth-order valence-corrected chi connectivity index (χ4v) is 3.04. The molecule has 1 heterocycles. The third-order valence-electron chi connectivity index (χ3n) is 4.19. The highest BCUT2D eigenvalue weighted by molar-refractivity contribution is 5.94. The molecule has 2 rings (SSSR count). The predicted molar refractivity (Wildman–Crippen MR) is 78.0 cm³/mol. The number of nitrogens with two attached hydrogens (primary N) is 1. The van der Waals surface area contributed by atoms with Crippen LogP contribution < -0.4 is 11.1 Å². The number of hydrogen-bond acceptors (Lipinski definition) is 2. The van der Waals surface area contributed by atoms with Gasteiger partial charge in [0, 0.05) is 18.8 Å². The minimum atomic E-state index is 0.0142. The zero-order chi connectivity index (χ0) is 13.8. The number of nitrogens with zero attached hydrogens (tertiary/aromatic N) is 1. The normalized spacial score (nSPS) is 23.3. The average Bonchev–Trinajstić information content (AvgIpc) is 2.80. The fraction of sp³-hybridized carbons (Fsp3) is 0.667. The monoisotopic (exact) mass is 263 g/mol. The minimum Gasteiger partial charge on any atom is -0.397 e. The molecule has 1 aliphatic rings. The Labute approximate surface area is 115 Å². The fourth-order valence-electron chi connectivity index (χ4n) is 3.04. The number of aryl methyl sites for hydroxylation is 1. The molecule has 3 N–H and O–H groups in total. The Balaban J connectivity index is 2.00. The van der Waals surface area contributed by atoms with Crippen molar-refractivity contribution in [3.05, 3.63) is 18.0 Å². The SMILES string of the molecule is CCC1CCCC(NC(=O)c2cc(N)cn2CC)C1.